The van der Waals surface area contributed by atoms with Gasteiger partial charge in [-0.05, 0) is 41.0 Å². The van der Waals surface area contributed by atoms with Crippen LogP contribution in [0.2, 0.25) is 5.02 Å². The van der Waals surface area contributed by atoms with E-state index in [4.69, 9.17) is 16.3 Å². The minimum atomic E-state index is -3.84. The van der Waals surface area contributed by atoms with E-state index >= 15 is 0 Å². The molecule has 0 amide bonds. The number of aromatic nitrogens is 1. The molecule has 0 aliphatic carbocycles. The number of ether oxygens (including phenoxy) is 1. The maximum absolute atomic E-state index is 13.3. The lowest BCUT2D eigenvalue weighted by molar-refractivity contribution is -0.137. The number of carboxylic acid groups (broad SMARTS) is 1. The molecule has 1 atom stereocenters. The standard InChI is InChI=1S/C24H23ClN2O6S/c1-26-9-8-17(13-23(26)28)19(14-24(29)30)16-6-7-20(25)18(12-16)15-27-10-11-33-21-4-2-3-5-22(21)34(27,31)32/h2-9,12-13,19H,10-11,14-15H2,1H3,(H,29,30). The fourth-order valence-corrected chi connectivity index (χ4v) is 5.68. The summed E-state index contributed by atoms with van der Waals surface area (Å²) >= 11 is 6.43. The van der Waals surface area contributed by atoms with Crippen LogP contribution in [0.1, 0.15) is 29.0 Å². The minimum Gasteiger partial charge on any atom is -0.491 e. The molecule has 1 aliphatic rings. The average molecular weight is 503 g/mol. The number of carboxylic acids is 1. The Labute approximate surface area is 202 Å². The van der Waals surface area contributed by atoms with Crippen molar-refractivity contribution in [2.24, 2.45) is 7.05 Å². The highest BCUT2D eigenvalue weighted by Gasteiger charge is 2.31. The Balaban J connectivity index is 1.72. The Bertz CT molecular complexity index is 1400. The molecular formula is C24H23ClN2O6S. The Hall–Kier alpha value is -3.14. The summed E-state index contributed by atoms with van der Waals surface area (Å²) in [6, 6.07) is 14.6. The molecule has 2 aromatic carbocycles. The lowest BCUT2D eigenvalue weighted by Gasteiger charge is -2.22. The second-order valence-electron chi connectivity index (χ2n) is 8.04. The zero-order valence-electron chi connectivity index (χ0n) is 18.3. The van der Waals surface area contributed by atoms with E-state index in [9.17, 15) is 23.1 Å². The molecule has 10 heteroatoms. The zero-order chi connectivity index (χ0) is 24.5. The lowest BCUT2D eigenvalue weighted by Crippen LogP contribution is -2.32. The number of pyridine rings is 1. The number of para-hydroxylation sites is 1. The molecule has 34 heavy (non-hydrogen) atoms. The number of aryl methyl sites for hydroxylation is 1. The first-order valence-corrected chi connectivity index (χ1v) is 12.4. The third kappa shape index (κ3) is 4.86. The Morgan fingerprint density at radius 2 is 1.88 bits per heavy atom. The Kier molecular flexibility index (Phi) is 6.79. The molecule has 1 unspecified atom stereocenters. The van der Waals surface area contributed by atoms with Crippen molar-refractivity contribution in [1.29, 1.82) is 0 Å². The van der Waals surface area contributed by atoms with Crippen LogP contribution in [0.3, 0.4) is 0 Å². The number of halogens is 1. The molecule has 4 rings (SSSR count). The number of hydrogen-bond acceptors (Lipinski definition) is 5. The molecule has 0 saturated heterocycles. The van der Waals surface area contributed by atoms with Crippen molar-refractivity contribution >= 4 is 27.6 Å². The van der Waals surface area contributed by atoms with Gasteiger partial charge in [0.05, 0.1) is 6.42 Å². The fraction of sp³-hybridized carbons (Fsp3) is 0.250. The molecule has 1 N–H and O–H groups in total. The van der Waals surface area contributed by atoms with Crippen LogP contribution in [0.15, 0.2) is 70.5 Å². The molecule has 0 saturated carbocycles. The first kappa shape index (κ1) is 24.0. The third-order valence-corrected chi connectivity index (χ3v) is 8.05. The van der Waals surface area contributed by atoms with Gasteiger partial charge in [-0.1, -0.05) is 35.9 Å². The highest BCUT2D eigenvalue weighted by Crippen LogP contribution is 2.33. The second-order valence-corrected chi connectivity index (χ2v) is 10.4. The lowest BCUT2D eigenvalue weighted by atomic mass is 9.88. The van der Waals surface area contributed by atoms with Crippen molar-refractivity contribution in [2.75, 3.05) is 13.2 Å². The van der Waals surface area contributed by atoms with Gasteiger partial charge >= 0.3 is 5.97 Å². The SMILES string of the molecule is Cn1ccc(C(CC(=O)O)c2ccc(Cl)c(CN3CCOc4ccccc4S3(=O)=O)c2)cc1=O. The van der Waals surface area contributed by atoms with E-state index in [0.717, 1.165) is 0 Å². The van der Waals surface area contributed by atoms with Crippen LogP contribution in [0.5, 0.6) is 5.75 Å². The molecule has 2 heterocycles. The van der Waals surface area contributed by atoms with Crippen molar-refractivity contribution in [3.8, 4) is 5.75 Å². The van der Waals surface area contributed by atoms with E-state index in [1.807, 2.05) is 0 Å². The van der Waals surface area contributed by atoms with Gasteiger partial charge in [-0.25, -0.2) is 8.42 Å². The molecule has 0 bridgehead atoms. The van der Waals surface area contributed by atoms with Gasteiger partial charge < -0.3 is 14.4 Å². The summed E-state index contributed by atoms with van der Waals surface area (Å²) in [7, 11) is -2.22. The topological polar surface area (TPSA) is 106 Å². The van der Waals surface area contributed by atoms with Crippen LogP contribution >= 0.6 is 11.6 Å². The van der Waals surface area contributed by atoms with E-state index in [2.05, 4.69) is 0 Å². The summed E-state index contributed by atoms with van der Waals surface area (Å²) in [6.45, 7) is 0.302. The Morgan fingerprint density at radius 3 is 2.62 bits per heavy atom. The van der Waals surface area contributed by atoms with Crippen molar-refractivity contribution in [3.63, 3.8) is 0 Å². The molecule has 3 aromatic rings. The highest BCUT2D eigenvalue weighted by atomic mass is 35.5. The summed E-state index contributed by atoms with van der Waals surface area (Å²) in [5.41, 5.74) is 1.46. The molecule has 178 valence electrons. The van der Waals surface area contributed by atoms with Gasteiger partial charge in [-0.15, -0.1) is 0 Å². The predicted octanol–water partition coefficient (Wildman–Crippen LogP) is 3.23. The maximum Gasteiger partial charge on any atom is 0.304 e. The van der Waals surface area contributed by atoms with E-state index < -0.39 is 21.9 Å². The number of benzene rings is 2. The average Bonchev–Trinajstić information content (AvgIpc) is 2.92. The van der Waals surface area contributed by atoms with Crippen molar-refractivity contribution in [1.82, 2.24) is 8.87 Å². The monoisotopic (exact) mass is 502 g/mol. The highest BCUT2D eigenvalue weighted by molar-refractivity contribution is 7.89. The molecule has 1 aliphatic heterocycles. The van der Waals surface area contributed by atoms with Crippen molar-refractivity contribution in [3.05, 3.63) is 92.9 Å². The third-order valence-electron chi connectivity index (χ3n) is 5.79. The zero-order valence-corrected chi connectivity index (χ0v) is 19.9. The number of nitrogens with zero attached hydrogens (tertiary/aromatic N) is 2. The van der Waals surface area contributed by atoms with Crippen LogP contribution in [0.4, 0.5) is 0 Å². The Morgan fingerprint density at radius 1 is 1.15 bits per heavy atom. The summed E-state index contributed by atoms with van der Waals surface area (Å²) in [6.07, 6.45) is 1.35. The summed E-state index contributed by atoms with van der Waals surface area (Å²) in [4.78, 5) is 23.9. The van der Waals surface area contributed by atoms with Gasteiger partial charge in [0.25, 0.3) is 5.56 Å². The van der Waals surface area contributed by atoms with Gasteiger partial charge in [0.2, 0.25) is 10.0 Å². The first-order chi connectivity index (χ1) is 16.2. The van der Waals surface area contributed by atoms with Gasteiger partial charge in [-0.2, -0.15) is 4.31 Å². The van der Waals surface area contributed by atoms with E-state index in [1.54, 1.807) is 55.7 Å². The maximum atomic E-state index is 13.3. The number of hydrogen-bond donors (Lipinski definition) is 1. The number of rotatable bonds is 6. The predicted molar refractivity (Wildman–Crippen MR) is 127 cm³/mol. The molecule has 8 nitrogen and oxygen atoms in total. The summed E-state index contributed by atoms with van der Waals surface area (Å²) in [5.74, 6) is -1.32. The molecule has 0 radical (unpaired) electrons. The second kappa shape index (κ2) is 9.61. The van der Waals surface area contributed by atoms with Crippen molar-refractivity contribution < 1.29 is 23.1 Å². The molecule has 0 spiro atoms. The summed E-state index contributed by atoms with van der Waals surface area (Å²) in [5, 5.41) is 9.85. The number of carbonyl (C=O) groups is 1. The normalized spacial score (nSPS) is 16.2. The number of sulfonamides is 1. The van der Waals surface area contributed by atoms with Crippen LogP contribution in [-0.2, 0) is 28.4 Å². The van der Waals surface area contributed by atoms with E-state index in [1.165, 1.54) is 21.0 Å². The number of aliphatic carboxylic acids is 1. The molecular weight excluding hydrogens is 480 g/mol. The van der Waals surface area contributed by atoms with Gasteiger partial charge in [-0.3, -0.25) is 9.59 Å². The smallest absolute Gasteiger partial charge is 0.304 e. The van der Waals surface area contributed by atoms with Crippen molar-refractivity contribution in [2.45, 2.75) is 23.8 Å². The van der Waals surface area contributed by atoms with Crippen LogP contribution in [-0.4, -0.2) is 41.5 Å². The van der Waals surface area contributed by atoms with E-state index in [-0.39, 0.29) is 36.6 Å². The van der Waals surface area contributed by atoms with Gasteiger partial charge in [0.1, 0.15) is 17.3 Å². The van der Waals surface area contributed by atoms with Crippen LogP contribution < -0.4 is 10.3 Å². The van der Waals surface area contributed by atoms with Crippen LogP contribution in [0.25, 0.3) is 0 Å². The van der Waals surface area contributed by atoms with Crippen LogP contribution in [0, 0.1) is 0 Å². The molecule has 1 aromatic heterocycles. The minimum absolute atomic E-state index is 0.0109. The largest absolute Gasteiger partial charge is 0.491 e. The summed E-state index contributed by atoms with van der Waals surface area (Å²) < 4.78 is 34.9. The quantitative estimate of drug-likeness (QED) is 0.554. The van der Waals surface area contributed by atoms with Gasteiger partial charge in [0.15, 0.2) is 0 Å². The first-order valence-electron chi connectivity index (χ1n) is 10.6. The fourth-order valence-electron chi connectivity index (χ4n) is 3.97. The van der Waals surface area contributed by atoms with E-state index in [0.29, 0.717) is 27.5 Å². The van der Waals surface area contributed by atoms with Gasteiger partial charge in [0, 0.05) is 43.3 Å². The number of fused-ring (bicyclic) bond motifs is 1. The molecule has 0 fully saturated rings.